The second kappa shape index (κ2) is 6.89. The topological polar surface area (TPSA) is 75.3 Å². The summed E-state index contributed by atoms with van der Waals surface area (Å²) in [7, 11) is -2.98. The normalized spacial score (nSPS) is 27.9. The van der Waals surface area contributed by atoms with Gasteiger partial charge in [-0.05, 0) is 25.7 Å². The molecule has 0 unspecified atom stereocenters. The van der Waals surface area contributed by atoms with Crippen molar-refractivity contribution in [2.45, 2.75) is 68.7 Å². The predicted molar refractivity (Wildman–Crippen MR) is 79.3 cm³/mol. The first-order valence-corrected chi connectivity index (χ1v) is 9.64. The molecular weight excluding hydrogens is 276 g/mol. The molecule has 0 bridgehead atoms. The monoisotopic (exact) mass is 302 g/mol. The van der Waals surface area contributed by atoms with Crippen molar-refractivity contribution < 1.29 is 13.2 Å². The maximum atomic E-state index is 11.8. The third-order valence-corrected chi connectivity index (χ3v) is 6.15. The second-order valence-electron chi connectivity index (χ2n) is 6.16. The molecule has 2 aliphatic carbocycles. The summed E-state index contributed by atoms with van der Waals surface area (Å²) in [5.74, 6) is 0.0818. The minimum atomic E-state index is -2.98. The Morgan fingerprint density at radius 1 is 1.10 bits per heavy atom. The van der Waals surface area contributed by atoms with Crippen LogP contribution in [0, 0.1) is 0 Å². The molecule has 2 rings (SSSR count). The van der Waals surface area contributed by atoms with Crippen LogP contribution in [0.3, 0.4) is 0 Å². The molecule has 2 N–H and O–H groups in total. The quantitative estimate of drug-likeness (QED) is 0.767. The molecule has 6 heteroatoms. The molecule has 0 aromatic rings. The van der Waals surface area contributed by atoms with E-state index < -0.39 is 9.84 Å². The van der Waals surface area contributed by atoms with Crippen molar-refractivity contribution in [3.8, 4) is 0 Å². The number of hydrogen-bond donors (Lipinski definition) is 2. The van der Waals surface area contributed by atoms with Crippen molar-refractivity contribution in [1.82, 2.24) is 10.6 Å². The Kier molecular flexibility index (Phi) is 5.43. The van der Waals surface area contributed by atoms with Crippen LogP contribution in [0.5, 0.6) is 0 Å². The summed E-state index contributed by atoms with van der Waals surface area (Å²) < 4.78 is 23.3. The van der Waals surface area contributed by atoms with Crippen LogP contribution in [0.15, 0.2) is 0 Å². The standard InChI is InChI=1S/C14H26N2O3S/c1-20(18,19)13-8-4-7-12(13)15-10-9-14(17)16-11-5-2-3-6-11/h11-13,15H,2-10H2,1H3,(H,16,17)/t12-,13-/m0/s1. The molecule has 0 radical (unpaired) electrons. The maximum Gasteiger partial charge on any atom is 0.221 e. The van der Waals surface area contributed by atoms with Crippen LogP contribution < -0.4 is 10.6 Å². The van der Waals surface area contributed by atoms with E-state index in [1.54, 1.807) is 0 Å². The van der Waals surface area contributed by atoms with Gasteiger partial charge in [0.05, 0.1) is 5.25 Å². The Labute approximate surface area is 121 Å². The second-order valence-corrected chi connectivity index (χ2v) is 8.42. The fraction of sp³-hybridized carbons (Fsp3) is 0.929. The highest BCUT2D eigenvalue weighted by Crippen LogP contribution is 2.25. The molecule has 0 heterocycles. The number of carbonyl (C=O) groups is 1. The third-order valence-electron chi connectivity index (χ3n) is 4.48. The van der Waals surface area contributed by atoms with Crippen molar-refractivity contribution in [3.63, 3.8) is 0 Å². The molecule has 0 aromatic heterocycles. The van der Waals surface area contributed by atoms with Crippen molar-refractivity contribution >= 4 is 15.7 Å². The van der Waals surface area contributed by atoms with Gasteiger partial charge in [-0.1, -0.05) is 19.3 Å². The molecule has 2 aliphatic rings. The number of sulfone groups is 1. The first kappa shape index (κ1) is 15.8. The van der Waals surface area contributed by atoms with Crippen LogP contribution in [0.1, 0.15) is 51.4 Å². The Hall–Kier alpha value is -0.620. The zero-order chi connectivity index (χ0) is 14.6. The van der Waals surface area contributed by atoms with Crippen LogP contribution in [0.2, 0.25) is 0 Å². The number of hydrogen-bond acceptors (Lipinski definition) is 4. The van der Waals surface area contributed by atoms with Gasteiger partial charge < -0.3 is 10.6 Å². The van der Waals surface area contributed by atoms with E-state index in [0.717, 1.165) is 32.1 Å². The highest BCUT2D eigenvalue weighted by Gasteiger charge is 2.34. The van der Waals surface area contributed by atoms with E-state index in [2.05, 4.69) is 10.6 Å². The maximum absolute atomic E-state index is 11.8. The average Bonchev–Trinajstić information content (AvgIpc) is 2.98. The third kappa shape index (κ3) is 4.45. The lowest BCUT2D eigenvalue weighted by Gasteiger charge is -2.19. The fourth-order valence-electron chi connectivity index (χ4n) is 3.41. The van der Waals surface area contributed by atoms with E-state index in [1.807, 2.05) is 0 Å². The van der Waals surface area contributed by atoms with Gasteiger partial charge in [0.25, 0.3) is 0 Å². The molecule has 0 saturated heterocycles. The molecule has 0 aromatic carbocycles. The zero-order valence-electron chi connectivity index (χ0n) is 12.2. The summed E-state index contributed by atoms with van der Waals surface area (Å²) in [5, 5.41) is 6.03. The van der Waals surface area contributed by atoms with Crippen LogP contribution >= 0.6 is 0 Å². The van der Waals surface area contributed by atoms with Crippen LogP contribution in [0.4, 0.5) is 0 Å². The number of rotatable bonds is 6. The van der Waals surface area contributed by atoms with E-state index in [-0.39, 0.29) is 17.2 Å². The van der Waals surface area contributed by atoms with Crippen molar-refractivity contribution in [2.24, 2.45) is 0 Å². The van der Waals surface area contributed by atoms with Gasteiger partial charge in [0.15, 0.2) is 9.84 Å². The summed E-state index contributed by atoms with van der Waals surface area (Å²) in [6.45, 7) is 0.565. The lowest BCUT2D eigenvalue weighted by molar-refractivity contribution is -0.121. The van der Waals surface area contributed by atoms with E-state index in [0.29, 0.717) is 19.0 Å². The van der Waals surface area contributed by atoms with E-state index in [1.165, 1.54) is 19.1 Å². The SMILES string of the molecule is CS(=O)(=O)[C@H]1CCC[C@@H]1NCCC(=O)NC1CCCC1. The minimum Gasteiger partial charge on any atom is -0.353 e. The number of carbonyl (C=O) groups excluding carboxylic acids is 1. The Morgan fingerprint density at radius 2 is 1.80 bits per heavy atom. The molecule has 2 atom stereocenters. The highest BCUT2D eigenvalue weighted by molar-refractivity contribution is 7.91. The molecule has 2 fully saturated rings. The highest BCUT2D eigenvalue weighted by atomic mass is 32.2. The molecule has 1 amide bonds. The van der Waals surface area contributed by atoms with E-state index >= 15 is 0 Å². The van der Waals surface area contributed by atoms with Gasteiger partial charge >= 0.3 is 0 Å². The summed E-state index contributed by atoms with van der Waals surface area (Å²) in [6.07, 6.45) is 8.93. The molecule has 5 nitrogen and oxygen atoms in total. The van der Waals surface area contributed by atoms with Crippen LogP contribution in [-0.4, -0.2) is 44.5 Å². The first-order valence-electron chi connectivity index (χ1n) is 7.68. The molecular formula is C14H26N2O3S. The Morgan fingerprint density at radius 3 is 2.45 bits per heavy atom. The Balaban J connectivity index is 1.68. The lowest BCUT2D eigenvalue weighted by Crippen LogP contribution is -2.42. The van der Waals surface area contributed by atoms with Gasteiger partial charge in [-0.15, -0.1) is 0 Å². The molecule has 0 spiro atoms. The average molecular weight is 302 g/mol. The Bertz CT molecular complexity index is 430. The lowest BCUT2D eigenvalue weighted by atomic mass is 10.2. The van der Waals surface area contributed by atoms with Crippen molar-refractivity contribution in [1.29, 1.82) is 0 Å². The van der Waals surface area contributed by atoms with Gasteiger partial charge in [0.2, 0.25) is 5.91 Å². The van der Waals surface area contributed by atoms with Gasteiger partial charge in [0, 0.05) is 31.3 Å². The van der Waals surface area contributed by atoms with E-state index in [4.69, 9.17) is 0 Å². The molecule has 20 heavy (non-hydrogen) atoms. The summed E-state index contributed by atoms with van der Waals surface area (Å²) >= 11 is 0. The minimum absolute atomic E-state index is 0.0179. The first-order chi connectivity index (χ1) is 9.47. The van der Waals surface area contributed by atoms with Gasteiger partial charge in [0.1, 0.15) is 0 Å². The summed E-state index contributed by atoms with van der Waals surface area (Å²) in [5.41, 5.74) is 0. The van der Waals surface area contributed by atoms with Gasteiger partial charge in [-0.25, -0.2) is 8.42 Å². The molecule has 2 saturated carbocycles. The fourth-order valence-corrected chi connectivity index (χ4v) is 4.84. The molecule has 116 valence electrons. The largest absolute Gasteiger partial charge is 0.353 e. The van der Waals surface area contributed by atoms with Gasteiger partial charge in [-0.2, -0.15) is 0 Å². The van der Waals surface area contributed by atoms with Crippen LogP contribution in [0.25, 0.3) is 0 Å². The number of amides is 1. The van der Waals surface area contributed by atoms with Crippen molar-refractivity contribution in [3.05, 3.63) is 0 Å². The summed E-state index contributed by atoms with van der Waals surface area (Å²) in [4.78, 5) is 11.8. The van der Waals surface area contributed by atoms with Gasteiger partial charge in [-0.3, -0.25) is 4.79 Å². The van der Waals surface area contributed by atoms with E-state index in [9.17, 15) is 13.2 Å². The number of nitrogens with one attached hydrogen (secondary N) is 2. The summed E-state index contributed by atoms with van der Waals surface area (Å²) in [6, 6.07) is 0.377. The van der Waals surface area contributed by atoms with Crippen molar-refractivity contribution in [2.75, 3.05) is 12.8 Å². The smallest absolute Gasteiger partial charge is 0.221 e. The van der Waals surface area contributed by atoms with Crippen LogP contribution in [-0.2, 0) is 14.6 Å². The molecule has 0 aliphatic heterocycles. The zero-order valence-corrected chi connectivity index (χ0v) is 13.0. The predicted octanol–water partition coefficient (Wildman–Crippen LogP) is 0.991.